The SMILES string of the molecule is Cc1nn(C)c(C)c1C(=O)N1CCN(S(C)(=O)=O)CC1. The molecule has 2 heterocycles. The number of nitrogens with zero attached hydrogens (tertiary/aromatic N) is 4. The van der Waals surface area contributed by atoms with Crippen LogP contribution in [-0.2, 0) is 17.1 Å². The lowest BCUT2D eigenvalue weighted by Crippen LogP contribution is -2.50. The highest BCUT2D eigenvalue weighted by Crippen LogP contribution is 2.16. The second-order valence-electron chi connectivity index (χ2n) is 5.12. The van der Waals surface area contributed by atoms with Crippen LogP contribution in [0.25, 0.3) is 0 Å². The van der Waals surface area contributed by atoms with Crippen LogP contribution in [0.15, 0.2) is 0 Å². The normalized spacial score (nSPS) is 17.5. The molecule has 1 fully saturated rings. The van der Waals surface area contributed by atoms with E-state index in [1.807, 2.05) is 13.8 Å². The Hall–Kier alpha value is -1.41. The molecule has 1 aromatic heterocycles. The highest BCUT2D eigenvalue weighted by Gasteiger charge is 2.29. The minimum absolute atomic E-state index is 0.0683. The van der Waals surface area contributed by atoms with Crippen LogP contribution >= 0.6 is 0 Å². The second kappa shape index (κ2) is 5.17. The van der Waals surface area contributed by atoms with Gasteiger partial charge in [-0.05, 0) is 13.8 Å². The molecular formula is C12H20N4O3S. The lowest BCUT2D eigenvalue weighted by atomic mass is 10.1. The van der Waals surface area contributed by atoms with Crippen molar-refractivity contribution in [1.29, 1.82) is 0 Å². The van der Waals surface area contributed by atoms with Crippen molar-refractivity contribution in [3.05, 3.63) is 17.0 Å². The number of piperazine rings is 1. The standard InChI is InChI=1S/C12H20N4O3S/c1-9-11(10(2)14(3)13-9)12(17)15-5-7-16(8-6-15)20(4,18)19/h5-8H2,1-4H3. The zero-order valence-corrected chi connectivity index (χ0v) is 13.1. The molecule has 0 radical (unpaired) electrons. The first-order valence-electron chi connectivity index (χ1n) is 6.46. The molecular weight excluding hydrogens is 280 g/mol. The van der Waals surface area contributed by atoms with Crippen LogP contribution < -0.4 is 0 Å². The molecule has 20 heavy (non-hydrogen) atoms. The topological polar surface area (TPSA) is 75.5 Å². The number of amides is 1. The van der Waals surface area contributed by atoms with E-state index in [2.05, 4.69) is 5.10 Å². The number of rotatable bonds is 2. The summed E-state index contributed by atoms with van der Waals surface area (Å²) in [5.41, 5.74) is 2.17. The summed E-state index contributed by atoms with van der Waals surface area (Å²) in [5, 5.41) is 4.24. The summed E-state index contributed by atoms with van der Waals surface area (Å²) in [4.78, 5) is 14.2. The lowest BCUT2D eigenvalue weighted by Gasteiger charge is -2.33. The first-order valence-corrected chi connectivity index (χ1v) is 8.31. The monoisotopic (exact) mass is 300 g/mol. The Morgan fingerprint density at radius 2 is 1.70 bits per heavy atom. The molecule has 1 aliphatic heterocycles. The summed E-state index contributed by atoms with van der Waals surface area (Å²) in [6.45, 7) is 5.21. The minimum Gasteiger partial charge on any atom is -0.336 e. The van der Waals surface area contributed by atoms with E-state index in [-0.39, 0.29) is 5.91 Å². The zero-order valence-electron chi connectivity index (χ0n) is 12.3. The highest BCUT2D eigenvalue weighted by atomic mass is 32.2. The van der Waals surface area contributed by atoms with Gasteiger partial charge in [-0.3, -0.25) is 9.48 Å². The Kier molecular flexibility index (Phi) is 3.88. The third kappa shape index (κ3) is 2.71. The molecule has 0 N–H and O–H groups in total. The summed E-state index contributed by atoms with van der Waals surface area (Å²) in [7, 11) is -1.37. The van der Waals surface area contributed by atoms with E-state index in [0.717, 1.165) is 5.69 Å². The van der Waals surface area contributed by atoms with Crippen LogP contribution in [0, 0.1) is 13.8 Å². The predicted molar refractivity (Wildman–Crippen MR) is 75.0 cm³/mol. The third-order valence-electron chi connectivity index (χ3n) is 3.72. The Bertz CT molecular complexity index is 627. The molecule has 7 nitrogen and oxygen atoms in total. The largest absolute Gasteiger partial charge is 0.336 e. The first-order chi connectivity index (χ1) is 9.21. The number of hydrogen-bond donors (Lipinski definition) is 0. The maximum Gasteiger partial charge on any atom is 0.257 e. The van der Waals surface area contributed by atoms with Gasteiger partial charge in [0.25, 0.3) is 5.91 Å². The van der Waals surface area contributed by atoms with Crippen molar-refractivity contribution < 1.29 is 13.2 Å². The smallest absolute Gasteiger partial charge is 0.257 e. The molecule has 1 aliphatic rings. The number of aryl methyl sites for hydroxylation is 2. The number of sulfonamides is 1. The van der Waals surface area contributed by atoms with Gasteiger partial charge in [-0.15, -0.1) is 0 Å². The van der Waals surface area contributed by atoms with E-state index >= 15 is 0 Å². The molecule has 0 saturated carbocycles. The van der Waals surface area contributed by atoms with Crippen molar-refractivity contribution in [2.24, 2.45) is 7.05 Å². The van der Waals surface area contributed by atoms with E-state index in [1.165, 1.54) is 10.6 Å². The Labute approximate surface area is 119 Å². The van der Waals surface area contributed by atoms with Crippen LogP contribution in [0.3, 0.4) is 0 Å². The summed E-state index contributed by atoms with van der Waals surface area (Å²) < 4.78 is 26.0. The lowest BCUT2D eigenvalue weighted by molar-refractivity contribution is 0.0696. The molecule has 0 aromatic carbocycles. The van der Waals surface area contributed by atoms with Crippen molar-refractivity contribution >= 4 is 15.9 Å². The quantitative estimate of drug-likeness (QED) is 0.755. The predicted octanol–water partition coefficient (Wildman–Crippen LogP) is -0.246. The molecule has 1 saturated heterocycles. The van der Waals surface area contributed by atoms with Crippen LogP contribution in [0.4, 0.5) is 0 Å². The average molecular weight is 300 g/mol. The molecule has 0 spiro atoms. The van der Waals surface area contributed by atoms with Crippen molar-refractivity contribution in [2.75, 3.05) is 32.4 Å². The number of carbonyl (C=O) groups excluding carboxylic acids is 1. The maximum absolute atomic E-state index is 12.5. The van der Waals surface area contributed by atoms with E-state index in [9.17, 15) is 13.2 Å². The Morgan fingerprint density at radius 3 is 2.10 bits per heavy atom. The fourth-order valence-electron chi connectivity index (χ4n) is 2.46. The molecule has 1 amide bonds. The molecule has 0 unspecified atom stereocenters. The van der Waals surface area contributed by atoms with Gasteiger partial charge in [0, 0.05) is 38.9 Å². The number of carbonyl (C=O) groups is 1. The van der Waals surface area contributed by atoms with E-state index in [0.29, 0.717) is 37.4 Å². The molecule has 0 aliphatic carbocycles. The van der Waals surface area contributed by atoms with Crippen molar-refractivity contribution in [2.45, 2.75) is 13.8 Å². The maximum atomic E-state index is 12.5. The summed E-state index contributed by atoms with van der Waals surface area (Å²) in [6.07, 6.45) is 1.19. The minimum atomic E-state index is -3.17. The average Bonchev–Trinajstić information content (AvgIpc) is 2.62. The van der Waals surface area contributed by atoms with E-state index in [4.69, 9.17) is 0 Å². The van der Waals surface area contributed by atoms with Gasteiger partial charge in [0.2, 0.25) is 10.0 Å². The summed E-state index contributed by atoms with van der Waals surface area (Å²) >= 11 is 0. The third-order valence-corrected chi connectivity index (χ3v) is 5.02. The Balaban J connectivity index is 2.13. The number of hydrogen-bond acceptors (Lipinski definition) is 4. The molecule has 2 rings (SSSR count). The fourth-order valence-corrected chi connectivity index (χ4v) is 3.29. The van der Waals surface area contributed by atoms with Gasteiger partial charge in [0.05, 0.1) is 17.5 Å². The van der Waals surface area contributed by atoms with Crippen LogP contribution in [0.2, 0.25) is 0 Å². The molecule has 1 aromatic rings. The number of aromatic nitrogens is 2. The van der Waals surface area contributed by atoms with E-state index < -0.39 is 10.0 Å². The van der Waals surface area contributed by atoms with Crippen LogP contribution in [0.5, 0.6) is 0 Å². The Morgan fingerprint density at radius 1 is 1.15 bits per heavy atom. The molecule has 112 valence electrons. The van der Waals surface area contributed by atoms with Crippen LogP contribution in [0.1, 0.15) is 21.7 Å². The fraction of sp³-hybridized carbons (Fsp3) is 0.667. The summed E-state index contributed by atoms with van der Waals surface area (Å²) in [6, 6.07) is 0. The molecule has 8 heteroatoms. The second-order valence-corrected chi connectivity index (χ2v) is 7.11. The van der Waals surface area contributed by atoms with Gasteiger partial charge in [-0.2, -0.15) is 9.40 Å². The van der Waals surface area contributed by atoms with Gasteiger partial charge in [-0.1, -0.05) is 0 Å². The first kappa shape index (κ1) is 15.0. The molecule has 0 atom stereocenters. The highest BCUT2D eigenvalue weighted by molar-refractivity contribution is 7.88. The van der Waals surface area contributed by atoms with Crippen molar-refractivity contribution in [1.82, 2.24) is 19.0 Å². The van der Waals surface area contributed by atoms with Gasteiger partial charge in [0.1, 0.15) is 0 Å². The van der Waals surface area contributed by atoms with Crippen molar-refractivity contribution in [3.8, 4) is 0 Å². The van der Waals surface area contributed by atoms with E-state index in [1.54, 1.807) is 16.6 Å². The summed E-state index contributed by atoms with van der Waals surface area (Å²) in [5.74, 6) is -0.0683. The van der Waals surface area contributed by atoms with Gasteiger partial charge < -0.3 is 4.90 Å². The van der Waals surface area contributed by atoms with Gasteiger partial charge in [-0.25, -0.2) is 8.42 Å². The zero-order chi connectivity index (χ0) is 15.1. The van der Waals surface area contributed by atoms with Gasteiger partial charge in [0.15, 0.2) is 0 Å². The van der Waals surface area contributed by atoms with Gasteiger partial charge >= 0.3 is 0 Å². The van der Waals surface area contributed by atoms with Crippen LogP contribution in [-0.4, -0.2) is 65.7 Å². The molecule has 0 bridgehead atoms. The van der Waals surface area contributed by atoms with Crippen molar-refractivity contribution in [3.63, 3.8) is 0 Å².